The van der Waals surface area contributed by atoms with Crippen LogP contribution in [0.1, 0.15) is 51.9 Å². The van der Waals surface area contributed by atoms with Gasteiger partial charge in [0.2, 0.25) is 10.0 Å². The van der Waals surface area contributed by atoms with Crippen LogP contribution in [-0.4, -0.2) is 48.5 Å². The Morgan fingerprint density at radius 1 is 1.25 bits per heavy atom. The van der Waals surface area contributed by atoms with Crippen molar-refractivity contribution in [1.29, 1.82) is 0 Å². The summed E-state index contributed by atoms with van der Waals surface area (Å²) in [7, 11) is -3.73. The molecule has 1 aliphatic heterocycles. The van der Waals surface area contributed by atoms with Gasteiger partial charge in [0.15, 0.2) is 0 Å². The number of rotatable bonds is 6. The van der Waals surface area contributed by atoms with Gasteiger partial charge in [0.1, 0.15) is 5.69 Å². The average molecular weight is 412 g/mol. The van der Waals surface area contributed by atoms with E-state index in [2.05, 4.69) is 5.32 Å². The van der Waals surface area contributed by atoms with Crippen molar-refractivity contribution in [3.05, 3.63) is 28.3 Å². The van der Waals surface area contributed by atoms with Gasteiger partial charge in [0, 0.05) is 31.1 Å². The van der Waals surface area contributed by atoms with Crippen LogP contribution in [0.5, 0.6) is 0 Å². The van der Waals surface area contributed by atoms with E-state index in [0.29, 0.717) is 19.6 Å². The highest BCUT2D eigenvalue weighted by Crippen LogP contribution is 2.37. The fourth-order valence-electron chi connectivity index (χ4n) is 4.11. The molecule has 2 fully saturated rings. The number of nitrogens with zero attached hydrogens (tertiary/aromatic N) is 2. The molecule has 2 unspecified atom stereocenters. The molecule has 8 nitrogen and oxygen atoms in total. The number of nitro groups is 1. The number of hydrogen-bond acceptors (Lipinski definition) is 6. The van der Waals surface area contributed by atoms with E-state index < -0.39 is 21.1 Å². The molecule has 0 radical (unpaired) electrons. The van der Waals surface area contributed by atoms with Crippen molar-refractivity contribution in [2.45, 2.75) is 62.9 Å². The monoisotopic (exact) mass is 411 g/mol. The van der Waals surface area contributed by atoms with Crippen molar-refractivity contribution < 1.29 is 18.4 Å². The van der Waals surface area contributed by atoms with Gasteiger partial charge in [-0.2, -0.15) is 4.31 Å². The summed E-state index contributed by atoms with van der Waals surface area (Å²) in [6, 6.07) is 4.04. The minimum atomic E-state index is -3.73. The van der Waals surface area contributed by atoms with Gasteiger partial charge in [0.25, 0.3) is 5.69 Å². The maximum Gasteiger partial charge on any atom is 0.293 e. The zero-order valence-electron chi connectivity index (χ0n) is 16.3. The molecule has 9 heteroatoms. The SMILES string of the molecule is CC1(CNc2ccc(S(=O)(=O)N3CCCCC3)cc2[N+](=O)[O-])CCCCC1O. The van der Waals surface area contributed by atoms with E-state index in [1.807, 2.05) is 6.92 Å². The van der Waals surface area contributed by atoms with Gasteiger partial charge >= 0.3 is 0 Å². The number of nitrogens with one attached hydrogen (secondary N) is 1. The Hall–Kier alpha value is -1.71. The van der Waals surface area contributed by atoms with Crippen molar-refractivity contribution >= 4 is 21.4 Å². The lowest BCUT2D eigenvalue weighted by Gasteiger charge is -2.38. The van der Waals surface area contributed by atoms with E-state index in [-0.39, 0.29) is 21.7 Å². The number of benzene rings is 1. The second-order valence-corrected chi connectivity index (χ2v) is 10.1. The van der Waals surface area contributed by atoms with Gasteiger partial charge in [-0.25, -0.2) is 8.42 Å². The molecule has 1 heterocycles. The second kappa shape index (κ2) is 8.34. The lowest BCUT2D eigenvalue weighted by Crippen LogP contribution is -2.41. The third-order valence-electron chi connectivity index (χ3n) is 6.08. The molecular weight excluding hydrogens is 382 g/mol. The molecule has 28 heavy (non-hydrogen) atoms. The smallest absolute Gasteiger partial charge is 0.293 e. The Bertz CT molecular complexity index is 823. The first-order valence-electron chi connectivity index (χ1n) is 9.95. The van der Waals surface area contributed by atoms with E-state index in [9.17, 15) is 23.6 Å². The van der Waals surface area contributed by atoms with Crippen LogP contribution in [-0.2, 0) is 10.0 Å². The van der Waals surface area contributed by atoms with Gasteiger partial charge in [-0.15, -0.1) is 0 Å². The van der Waals surface area contributed by atoms with Crippen LogP contribution < -0.4 is 5.32 Å². The summed E-state index contributed by atoms with van der Waals surface area (Å²) in [6.45, 7) is 3.27. The van der Waals surface area contributed by atoms with E-state index in [4.69, 9.17) is 0 Å². The van der Waals surface area contributed by atoms with Crippen molar-refractivity contribution in [2.24, 2.45) is 5.41 Å². The van der Waals surface area contributed by atoms with Crippen molar-refractivity contribution in [2.75, 3.05) is 25.0 Å². The first-order valence-corrected chi connectivity index (χ1v) is 11.4. The average Bonchev–Trinajstić information content (AvgIpc) is 2.69. The predicted octanol–water partition coefficient (Wildman–Crippen LogP) is 3.12. The molecule has 1 saturated carbocycles. The second-order valence-electron chi connectivity index (χ2n) is 8.17. The van der Waals surface area contributed by atoms with Crippen LogP contribution in [0.25, 0.3) is 0 Å². The lowest BCUT2D eigenvalue weighted by atomic mass is 9.73. The largest absolute Gasteiger partial charge is 0.392 e. The highest BCUT2D eigenvalue weighted by atomic mass is 32.2. The zero-order chi connectivity index (χ0) is 20.4. The quantitative estimate of drug-likeness (QED) is 0.549. The summed E-state index contributed by atoms with van der Waals surface area (Å²) in [5, 5.41) is 25.0. The van der Waals surface area contributed by atoms with Crippen molar-refractivity contribution in [3.63, 3.8) is 0 Å². The molecule has 1 aliphatic carbocycles. The Balaban J connectivity index is 1.82. The van der Waals surface area contributed by atoms with E-state index in [1.165, 1.54) is 16.4 Å². The van der Waals surface area contributed by atoms with E-state index in [0.717, 1.165) is 51.0 Å². The first kappa shape index (κ1) is 21.0. The topological polar surface area (TPSA) is 113 Å². The molecule has 0 amide bonds. The van der Waals surface area contributed by atoms with Crippen molar-refractivity contribution in [1.82, 2.24) is 4.31 Å². The summed E-state index contributed by atoms with van der Waals surface area (Å²) in [6.07, 6.45) is 5.74. The van der Waals surface area contributed by atoms with Crippen LogP contribution in [0.2, 0.25) is 0 Å². The molecule has 0 bridgehead atoms. The van der Waals surface area contributed by atoms with Gasteiger partial charge in [-0.1, -0.05) is 26.2 Å². The van der Waals surface area contributed by atoms with Gasteiger partial charge < -0.3 is 10.4 Å². The maximum atomic E-state index is 12.8. The third-order valence-corrected chi connectivity index (χ3v) is 7.98. The molecule has 2 N–H and O–H groups in total. The minimum absolute atomic E-state index is 0.0458. The minimum Gasteiger partial charge on any atom is -0.392 e. The van der Waals surface area contributed by atoms with Gasteiger partial charge in [0.05, 0.1) is 15.9 Å². The number of piperidine rings is 1. The number of sulfonamides is 1. The van der Waals surface area contributed by atoms with Crippen LogP contribution in [0.4, 0.5) is 11.4 Å². The number of aliphatic hydroxyl groups excluding tert-OH is 1. The van der Waals surface area contributed by atoms with E-state index >= 15 is 0 Å². The number of aliphatic hydroxyl groups is 1. The Kier molecular flexibility index (Phi) is 6.26. The number of anilines is 1. The molecule has 0 spiro atoms. The molecule has 3 rings (SSSR count). The van der Waals surface area contributed by atoms with E-state index in [1.54, 1.807) is 0 Å². The fraction of sp³-hybridized carbons (Fsp3) is 0.684. The van der Waals surface area contributed by atoms with Gasteiger partial charge in [-0.3, -0.25) is 10.1 Å². The number of nitro benzene ring substituents is 1. The highest BCUT2D eigenvalue weighted by molar-refractivity contribution is 7.89. The Labute approximate surface area is 166 Å². The highest BCUT2D eigenvalue weighted by Gasteiger charge is 2.36. The van der Waals surface area contributed by atoms with Crippen LogP contribution in [0.15, 0.2) is 23.1 Å². The third kappa shape index (κ3) is 4.31. The zero-order valence-corrected chi connectivity index (χ0v) is 17.1. The van der Waals surface area contributed by atoms with Crippen LogP contribution >= 0.6 is 0 Å². The normalized spacial score (nSPS) is 26.7. The maximum absolute atomic E-state index is 12.8. The summed E-state index contributed by atoms with van der Waals surface area (Å²) < 4.78 is 27.0. The molecule has 0 aromatic heterocycles. The van der Waals surface area contributed by atoms with Crippen LogP contribution in [0, 0.1) is 15.5 Å². The molecule has 156 valence electrons. The summed E-state index contributed by atoms with van der Waals surface area (Å²) in [4.78, 5) is 11.0. The molecular formula is C19H29N3O5S. The first-order chi connectivity index (χ1) is 13.2. The fourth-order valence-corrected chi connectivity index (χ4v) is 5.65. The lowest BCUT2D eigenvalue weighted by molar-refractivity contribution is -0.384. The standard InChI is InChI=1S/C19H29N3O5S/c1-19(10-4-3-7-18(19)23)14-20-16-9-8-15(13-17(16)22(24)25)28(26,27)21-11-5-2-6-12-21/h8-9,13,18,20,23H,2-7,10-12,14H2,1H3. The molecule has 2 atom stereocenters. The molecule has 1 aromatic carbocycles. The predicted molar refractivity (Wildman–Crippen MR) is 107 cm³/mol. The summed E-state index contributed by atoms with van der Waals surface area (Å²) >= 11 is 0. The van der Waals surface area contributed by atoms with Crippen LogP contribution in [0.3, 0.4) is 0 Å². The van der Waals surface area contributed by atoms with Gasteiger partial charge in [-0.05, 0) is 37.8 Å². The molecule has 1 saturated heterocycles. The molecule has 1 aromatic rings. The number of hydrogen-bond donors (Lipinski definition) is 2. The Morgan fingerprint density at radius 2 is 1.96 bits per heavy atom. The van der Waals surface area contributed by atoms with Crippen molar-refractivity contribution in [3.8, 4) is 0 Å². The summed E-state index contributed by atoms with van der Waals surface area (Å²) in [5.41, 5.74) is -0.335. The molecule has 2 aliphatic rings. The Morgan fingerprint density at radius 3 is 2.61 bits per heavy atom. The summed E-state index contributed by atoms with van der Waals surface area (Å²) in [5.74, 6) is 0.